The Balaban J connectivity index is 2.38. The molecule has 0 aliphatic carbocycles. The third-order valence-electron chi connectivity index (χ3n) is 2.77. The predicted molar refractivity (Wildman–Crippen MR) is 69.2 cm³/mol. The summed E-state index contributed by atoms with van der Waals surface area (Å²) >= 11 is 2.31. The van der Waals surface area contributed by atoms with Gasteiger partial charge >= 0.3 is 0 Å². The molecule has 0 aromatic rings. The van der Waals surface area contributed by atoms with E-state index in [1.165, 1.54) is 0 Å². The smallest absolute Gasteiger partial charge is 0.249 e. The molecule has 1 fully saturated rings. The van der Waals surface area contributed by atoms with Crippen LogP contribution in [0.15, 0.2) is 0 Å². The molecule has 1 saturated heterocycles. The number of ether oxygens (including phenoxy) is 1. The van der Waals surface area contributed by atoms with Gasteiger partial charge in [-0.15, -0.1) is 0 Å². The second-order valence-corrected chi connectivity index (χ2v) is 5.25. The van der Waals surface area contributed by atoms with Crippen molar-refractivity contribution in [3.05, 3.63) is 0 Å². The summed E-state index contributed by atoms with van der Waals surface area (Å²) in [6.45, 7) is 4.99. The molecule has 1 aliphatic rings. The van der Waals surface area contributed by atoms with Gasteiger partial charge in [-0.2, -0.15) is 0 Å². The van der Waals surface area contributed by atoms with Crippen LogP contribution in [0.1, 0.15) is 33.1 Å². The average Bonchev–Trinajstić information content (AvgIpc) is 2.26. The molecule has 0 aromatic carbocycles. The number of hydrogen-bond donors (Lipinski definition) is 1. The molecular weight excluding hydrogens is 305 g/mol. The van der Waals surface area contributed by atoms with Gasteiger partial charge in [0.1, 0.15) is 6.10 Å². The van der Waals surface area contributed by atoms with E-state index in [1.807, 2.05) is 0 Å². The fraction of sp³-hybridized carbons (Fsp3) is 0.909. The number of rotatable bonds is 4. The molecule has 2 unspecified atom stereocenters. The van der Waals surface area contributed by atoms with Gasteiger partial charge in [0.05, 0.1) is 0 Å². The van der Waals surface area contributed by atoms with E-state index in [0.29, 0.717) is 5.92 Å². The van der Waals surface area contributed by atoms with E-state index < -0.39 is 0 Å². The van der Waals surface area contributed by atoms with Gasteiger partial charge in [0.25, 0.3) is 0 Å². The molecule has 1 amide bonds. The van der Waals surface area contributed by atoms with Crippen LogP contribution in [0, 0.1) is 5.92 Å². The summed E-state index contributed by atoms with van der Waals surface area (Å²) in [7, 11) is 0. The summed E-state index contributed by atoms with van der Waals surface area (Å²) in [4.78, 5) is 11.8. The Morgan fingerprint density at radius 1 is 1.53 bits per heavy atom. The van der Waals surface area contributed by atoms with Crippen molar-refractivity contribution in [2.24, 2.45) is 5.92 Å². The van der Waals surface area contributed by atoms with Crippen LogP contribution in [0.5, 0.6) is 0 Å². The largest absolute Gasteiger partial charge is 0.368 e. The second kappa shape index (κ2) is 6.68. The minimum atomic E-state index is -0.206. The molecule has 88 valence electrons. The molecule has 4 heteroatoms. The number of hydrogen-bond acceptors (Lipinski definition) is 2. The van der Waals surface area contributed by atoms with Crippen molar-refractivity contribution < 1.29 is 9.53 Å². The Kier molecular flexibility index (Phi) is 5.89. The highest BCUT2D eigenvalue weighted by Crippen LogP contribution is 2.14. The van der Waals surface area contributed by atoms with Crippen molar-refractivity contribution in [1.82, 2.24) is 5.32 Å². The van der Waals surface area contributed by atoms with Gasteiger partial charge in [0.2, 0.25) is 5.91 Å². The Bertz CT molecular complexity index is 203. The Morgan fingerprint density at radius 3 is 2.73 bits per heavy atom. The topological polar surface area (TPSA) is 38.3 Å². The first-order chi connectivity index (χ1) is 7.15. The van der Waals surface area contributed by atoms with Crippen LogP contribution in [0.2, 0.25) is 0 Å². The Morgan fingerprint density at radius 2 is 2.27 bits per heavy atom. The van der Waals surface area contributed by atoms with Crippen molar-refractivity contribution in [3.8, 4) is 0 Å². The van der Waals surface area contributed by atoms with Gasteiger partial charge in [0, 0.05) is 17.1 Å². The van der Waals surface area contributed by atoms with E-state index in [2.05, 4.69) is 41.8 Å². The van der Waals surface area contributed by atoms with E-state index in [1.54, 1.807) is 0 Å². The van der Waals surface area contributed by atoms with Crippen molar-refractivity contribution in [1.29, 1.82) is 0 Å². The first-order valence-corrected chi connectivity index (χ1v) is 7.15. The van der Waals surface area contributed by atoms with Crippen molar-refractivity contribution in [2.45, 2.75) is 45.3 Å². The maximum Gasteiger partial charge on any atom is 0.249 e. The van der Waals surface area contributed by atoms with Crippen LogP contribution in [-0.4, -0.2) is 29.1 Å². The van der Waals surface area contributed by atoms with Gasteiger partial charge < -0.3 is 10.1 Å². The van der Waals surface area contributed by atoms with Crippen LogP contribution in [-0.2, 0) is 9.53 Å². The number of alkyl halides is 1. The highest BCUT2D eigenvalue weighted by atomic mass is 127. The molecule has 3 nitrogen and oxygen atoms in total. The minimum Gasteiger partial charge on any atom is -0.368 e. The van der Waals surface area contributed by atoms with E-state index in [9.17, 15) is 4.79 Å². The molecule has 0 aromatic heterocycles. The zero-order valence-electron chi connectivity index (χ0n) is 9.46. The third-order valence-corrected chi connectivity index (χ3v) is 3.72. The van der Waals surface area contributed by atoms with E-state index in [0.717, 1.165) is 30.3 Å². The van der Waals surface area contributed by atoms with Crippen molar-refractivity contribution >= 4 is 28.5 Å². The number of carbonyl (C=O) groups is 1. The lowest BCUT2D eigenvalue weighted by Crippen LogP contribution is -2.46. The first kappa shape index (κ1) is 13.2. The highest BCUT2D eigenvalue weighted by molar-refractivity contribution is 14.1. The zero-order valence-corrected chi connectivity index (χ0v) is 11.6. The molecule has 1 aliphatic heterocycles. The Hall–Kier alpha value is 0.160. The van der Waals surface area contributed by atoms with Gasteiger partial charge in [-0.1, -0.05) is 36.4 Å². The SMILES string of the molecule is CC(C)C(CI)NC(=O)C1CCCCO1. The summed E-state index contributed by atoms with van der Waals surface area (Å²) in [5, 5.41) is 3.06. The molecule has 1 N–H and O–H groups in total. The lowest BCUT2D eigenvalue weighted by Gasteiger charge is -2.26. The van der Waals surface area contributed by atoms with Crippen LogP contribution in [0.3, 0.4) is 0 Å². The zero-order chi connectivity index (χ0) is 11.3. The van der Waals surface area contributed by atoms with Crippen molar-refractivity contribution in [2.75, 3.05) is 11.0 Å². The van der Waals surface area contributed by atoms with Gasteiger partial charge in [-0.25, -0.2) is 0 Å². The molecule has 2 atom stereocenters. The summed E-state index contributed by atoms with van der Waals surface area (Å²) in [5.74, 6) is 0.555. The molecule has 0 spiro atoms. The molecule has 15 heavy (non-hydrogen) atoms. The minimum absolute atomic E-state index is 0.0741. The second-order valence-electron chi connectivity index (χ2n) is 4.37. The molecule has 0 saturated carbocycles. The van der Waals surface area contributed by atoms with E-state index in [-0.39, 0.29) is 18.1 Å². The summed E-state index contributed by atoms with van der Waals surface area (Å²) in [6.07, 6.45) is 2.86. The maximum atomic E-state index is 11.8. The average molecular weight is 325 g/mol. The fourth-order valence-electron chi connectivity index (χ4n) is 1.61. The van der Waals surface area contributed by atoms with Crippen molar-refractivity contribution in [3.63, 3.8) is 0 Å². The summed E-state index contributed by atoms with van der Waals surface area (Å²) < 4.78 is 6.40. The number of halogens is 1. The van der Waals surface area contributed by atoms with Crippen LogP contribution >= 0.6 is 22.6 Å². The summed E-state index contributed by atoms with van der Waals surface area (Å²) in [6, 6.07) is 0.267. The van der Waals surface area contributed by atoms with Crippen LogP contribution in [0.25, 0.3) is 0 Å². The molecule has 0 bridgehead atoms. The standard InChI is InChI=1S/C11H20INO2/c1-8(2)9(7-12)13-11(14)10-5-3-4-6-15-10/h8-10H,3-7H2,1-2H3,(H,13,14). The van der Waals surface area contributed by atoms with E-state index >= 15 is 0 Å². The first-order valence-electron chi connectivity index (χ1n) is 5.63. The summed E-state index contributed by atoms with van der Waals surface area (Å²) in [5.41, 5.74) is 0. The molecule has 0 radical (unpaired) electrons. The van der Waals surface area contributed by atoms with Gasteiger partial charge in [0.15, 0.2) is 0 Å². The van der Waals surface area contributed by atoms with Gasteiger partial charge in [-0.05, 0) is 25.2 Å². The monoisotopic (exact) mass is 325 g/mol. The predicted octanol–water partition coefficient (Wildman–Crippen LogP) is 2.13. The number of carbonyl (C=O) groups excluding carboxylic acids is 1. The number of nitrogens with one attached hydrogen (secondary N) is 1. The lowest BCUT2D eigenvalue weighted by atomic mass is 10.0. The normalized spacial score (nSPS) is 23.9. The van der Waals surface area contributed by atoms with E-state index in [4.69, 9.17) is 4.74 Å². The van der Waals surface area contributed by atoms with Gasteiger partial charge in [-0.3, -0.25) is 4.79 Å². The fourth-order valence-corrected chi connectivity index (χ4v) is 2.84. The molecule has 1 rings (SSSR count). The quantitative estimate of drug-likeness (QED) is 0.635. The van der Waals surface area contributed by atoms with Crippen LogP contribution < -0.4 is 5.32 Å². The molecular formula is C11H20INO2. The number of amides is 1. The molecule has 1 heterocycles. The Labute approximate surface area is 105 Å². The third kappa shape index (κ3) is 4.26. The highest BCUT2D eigenvalue weighted by Gasteiger charge is 2.24. The van der Waals surface area contributed by atoms with Crippen LogP contribution in [0.4, 0.5) is 0 Å². The maximum absolute atomic E-state index is 11.8. The lowest BCUT2D eigenvalue weighted by molar-refractivity contribution is -0.136.